The maximum Gasteiger partial charge on any atom is 0.490 e. The number of rotatable bonds is 2. The lowest BCUT2D eigenvalue weighted by Gasteiger charge is -2.47. The molecule has 12 heteroatoms. The van der Waals surface area contributed by atoms with Crippen molar-refractivity contribution in [2.45, 2.75) is 43.2 Å². The molecule has 3 aliphatic rings. The summed E-state index contributed by atoms with van der Waals surface area (Å²) in [6.07, 6.45) is -1.75. The minimum atomic E-state index is -5.08. The quantitative estimate of drug-likeness (QED) is 0.661. The van der Waals surface area contributed by atoms with E-state index in [0.717, 1.165) is 11.1 Å². The van der Waals surface area contributed by atoms with Crippen LogP contribution in [0.25, 0.3) is 11.1 Å². The summed E-state index contributed by atoms with van der Waals surface area (Å²) in [5, 5.41) is 0. The van der Waals surface area contributed by atoms with Gasteiger partial charge in [-0.15, -0.1) is 0 Å². The average molecular weight is 475 g/mol. The highest BCUT2D eigenvalue weighted by atomic mass is 19.4. The van der Waals surface area contributed by atoms with Crippen molar-refractivity contribution in [1.82, 2.24) is 14.9 Å². The van der Waals surface area contributed by atoms with E-state index in [1.807, 2.05) is 0 Å². The molecule has 0 saturated heterocycles. The summed E-state index contributed by atoms with van der Waals surface area (Å²) in [7, 11) is 1.52. The molecule has 1 spiro atoms. The van der Waals surface area contributed by atoms with Gasteiger partial charge in [0, 0.05) is 42.9 Å². The van der Waals surface area contributed by atoms with Crippen molar-refractivity contribution in [1.29, 1.82) is 0 Å². The lowest BCUT2D eigenvalue weighted by Crippen LogP contribution is -2.55. The topological polar surface area (TPSA) is 120 Å². The van der Waals surface area contributed by atoms with Crippen molar-refractivity contribution in [2.24, 2.45) is 16.6 Å². The highest BCUT2D eigenvalue weighted by Gasteiger charge is 2.61. The van der Waals surface area contributed by atoms with Crippen molar-refractivity contribution >= 4 is 17.8 Å². The lowest BCUT2D eigenvalue weighted by atomic mass is 9.66. The van der Waals surface area contributed by atoms with Crippen molar-refractivity contribution in [2.75, 3.05) is 7.05 Å². The van der Waals surface area contributed by atoms with E-state index in [9.17, 15) is 22.8 Å². The summed E-state index contributed by atoms with van der Waals surface area (Å²) in [5.41, 5.74) is 6.62. The maximum atomic E-state index is 13.6. The number of aliphatic imine (C=N–C) groups is 1. The van der Waals surface area contributed by atoms with Gasteiger partial charge >= 0.3 is 12.1 Å². The number of nitrogens with two attached hydrogens (primary N) is 1. The summed E-state index contributed by atoms with van der Waals surface area (Å²) in [6.45, 7) is 0. The van der Waals surface area contributed by atoms with Gasteiger partial charge in [0.1, 0.15) is 24.3 Å². The third-order valence-electron chi connectivity index (χ3n) is 6.61. The van der Waals surface area contributed by atoms with Gasteiger partial charge in [0.25, 0.3) is 5.91 Å². The number of aromatic nitrogens is 2. The summed E-state index contributed by atoms with van der Waals surface area (Å²) in [5.74, 6) is -2.70. The van der Waals surface area contributed by atoms with Crippen LogP contribution in [0.15, 0.2) is 41.9 Å². The summed E-state index contributed by atoms with van der Waals surface area (Å²) >= 11 is 0. The van der Waals surface area contributed by atoms with Gasteiger partial charge in [-0.05, 0) is 30.5 Å². The van der Waals surface area contributed by atoms with E-state index in [-0.39, 0.29) is 31.1 Å². The molecule has 2 N–H and O–H groups in total. The molecule has 5 rings (SSSR count). The van der Waals surface area contributed by atoms with Crippen LogP contribution < -0.4 is 10.5 Å². The number of halogens is 3. The number of carbonyl (C=O) groups is 2. The van der Waals surface area contributed by atoms with Gasteiger partial charge in [-0.25, -0.2) is 19.8 Å². The Bertz CT molecular complexity index is 1190. The predicted molar refractivity (Wildman–Crippen MR) is 111 cm³/mol. The van der Waals surface area contributed by atoms with E-state index in [2.05, 4.69) is 19.7 Å². The van der Waals surface area contributed by atoms with Crippen LogP contribution in [0.5, 0.6) is 5.75 Å². The van der Waals surface area contributed by atoms with Crippen LogP contribution in [-0.4, -0.2) is 58.1 Å². The maximum absolute atomic E-state index is 13.6. The van der Waals surface area contributed by atoms with Gasteiger partial charge in [-0.3, -0.25) is 9.69 Å². The molecule has 1 aromatic heterocycles. The standard InChI is InChI=1S/C22H20F3N5O4/c1-30-18(31)21(29-20(30)26)14-4-3-13(33-19(32)22(23,24)25)7-17(14)34-16-5-2-11(6-15(16)21)12-8-27-10-28-9-12/h2,5-6,8-10,13-14,17H,3-4,7H2,1H3,(H2,26,29). The fourth-order valence-electron chi connectivity index (χ4n) is 5.03. The number of ether oxygens (including phenoxy) is 2. The van der Waals surface area contributed by atoms with Gasteiger partial charge in [-0.2, -0.15) is 13.2 Å². The molecular weight excluding hydrogens is 455 g/mol. The van der Waals surface area contributed by atoms with Crippen LogP contribution in [0.3, 0.4) is 0 Å². The van der Waals surface area contributed by atoms with Crippen molar-refractivity contribution in [3.8, 4) is 16.9 Å². The zero-order chi connectivity index (χ0) is 24.3. The van der Waals surface area contributed by atoms with E-state index >= 15 is 0 Å². The fraction of sp³-hybridized carbons (Fsp3) is 0.409. The molecule has 1 fully saturated rings. The van der Waals surface area contributed by atoms with Crippen LogP contribution in [0.4, 0.5) is 13.2 Å². The fourth-order valence-corrected chi connectivity index (χ4v) is 5.03. The summed E-state index contributed by atoms with van der Waals surface area (Å²) in [4.78, 5) is 38.8. The van der Waals surface area contributed by atoms with Crippen LogP contribution in [-0.2, 0) is 19.9 Å². The van der Waals surface area contributed by atoms with Gasteiger partial charge in [0.15, 0.2) is 11.5 Å². The predicted octanol–water partition coefficient (Wildman–Crippen LogP) is 2.16. The molecule has 2 aliphatic heterocycles. The van der Waals surface area contributed by atoms with Gasteiger partial charge in [0.2, 0.25) is 0 Å². The molecule has 9 nitrogen and oxygen atoms in total. The number of hydrogen-bond acceptors (Lipinski definition) is 8. The minimum Gasteiger partial charge on any atom is -0.489 e. The Morgan fingerprint density at radius 1 is 1.24 bits per heavy atom. The van der Waals surface area contributed by atoms with E-state index < -0.39 is 35.8 Å². The Labute approximate surface area is 191 Å². The number of amides is 1. The highest BCUT2D eigenvalue weighted by molar-refractivity contribution is 6.07. The second-order valence-electron chi connectivity index (χ2n) is 8.54. The molecule has 178 valence electrons. The Hall–Kier alpha value is -3.70. The normalized spacial score (nSPS) is 28.1. The van der Waals surface area contributed by atoms with Crippen LogP contribution in [0.1, 0.15) is 24.8 Å². The third kappa shape index (κ3) is 3.35. The minimum absolute atomic E-state index is 0.00558. The summed E-state index contributed by atoms with van der Waals surface area (Å²) < 4.78 is 48.9. The van der Waals surface area contributed by atoms with Crippen molar-refractivity contribution in [3.63, 3.8) is 0 Å². The Morgan fingerprint density at radius 2 is 1.97 bits per heavy atom. The molecule has 1 amide bonds. The second kappa shape index (κ2) is 7.67. The Morgan fingerprint density at radius 3 is 2.62 bits per heavy atom. The number of nitrogens with zero attached hydrogens (tertiary/aromatic N) is 4. The first kappa shape index (κ1) is 22.1. The number of fused-ring (bicyclic) bond motifs is 4. The SMILES string of the molecule is CN1C(=O)C2(N=C1N)c1cc(-c3cncnc3)ccc1OC1CC(OC(=O)C(F)(F)F)CCC12. The molecule has 1 saturated carbocycles. The number of guanidine groups is 1. The van der Waals surface area contributed by atoms with Crippen molar-refractivity contribution < 1.29 is 32.2 Å². The molecule has 1 aromatic carbocycles. The number of esters is 1. The Balaban J connectivity index is 1.55. The van der Waals surface area contributed by atoms with Gasteiger partial charge in [-0.1, -0.05) is 6.07 Å². The smallest absolute Gasteiger partial charge is 0.489 e. The van der Waals surface area contributed by atoms with E-state index in [1.165, 1.54) is 18.3 Å². The number of likely N-dealkylation sites (N-methyl/N-ethyl adjacent to an activating group) is 1. The average Bonchev–Trinajstić information content (AvgIpc) is 3.03. The molecule has 0 bridgehead atoms. The number of hydrogen-bond donors (Lipinski definition) is 1. The van der Waals surface area contributed by atoms with Crippen LogP contribution in [0.2, 0.25) is 0 Å². The molecule has 1 aliphatic carbocycles. The molecule has 4 atom stereocenters. The van der Waals surface area contributed by atoms with Gasteiger partial charge < -0.3 is 15.2 Å². The largest absolute Gasteiger partial charge is 0.490 e. The summed E-state index contributed by atoms with van der Waals surface area (Å²) in [6, 6.07) is 5.23. The molecule has 4 unspecified atom stereocenters. The van der Waals surface area contributed by atoms with Gasteiger partial charge in [0.05, 0.1) is 0 Å². The zero-order valence-corrected chi connectivity index (χ0v) is 18.0. The van der Waals surface area contributed by atoms with Crippen LogP contribution in [0, 0.1) is 5.92 Å². The first-order valence-corrected chi connectivity index (χ1v) is 10.6. The first-order chi connectivity index (χ1) is 16.1. The lowest BCUT2D eigenvalue weighted by molar-refractivity contribution is -0.208. The third-order valence-corrected chi connectivity index (χ3v) is 6.61. The molecule has 3 heterocycles. The monoisotopic (exact) mass is 475 g/mol. The van der Waals surface area contributed by atoms with E-state index in [4.69, 9.17) is 10.5 Å². The molecule has 2 aromatic rings. The number of carbonyl (C=O) groups excluding carboxylic acids is 2. The molecule has 34 heavy (non-hydrogen) atoms. The van der Waals surface area contributed by atoms with E-state index in [1.54, 1.807) is 30.6 Å². The van der Waals surface area contributed by atoms with Crippen LogP contribution >= 0.6 is 0 Å². The van der Waals surface area contributed by atoms with E-state index in [0.29, 0.717) is 11.3 Å². The number of benzene rings is 1. The second-order valence-corrected chi connectivity index (χ2v) is 8.54. The number of alkyl halides is 3. The first-order valence-electron chi connectivity index (χ1n) is 10.6. The van der Waals surface area contributed by atoms with Crippen molar-refractivity contribution in [3.05, 3.63) is 42.5 Å². The highest BCUT2D eigenvalue weighted by Crippen LogP contribution is 2.54. The zero-order valence-electron chi connectivity index (χ0n) is 18.0. The molecular formula is C22H20F3N5O4. The molecule has 0 radical (unpaired) electrons. The Kier molecular flexibility index (Phi) is 4.99.